The zero-order valence-corrected chi connectivity index (χ0v) is 14.5. The predicted octanol–water partition coefficient (Wildman–Crippen LogP) is 3.44. The van der Waals surface area contributed by atoms with E-state index in [0.717, 1.165) is 13.0 Å². The van der Waals surface area contributed by atoms with Gasteiger partial charge in [0.25, 0.3) is 5.91 Å². The Hall–Kier alpha value is -3.06. The number of nitrogens with zero attached hydrogens (tertiary/aromatic N) is 2. The first-order valence-corrected chi connectivity index (χ1v) is 8.72. The SMILES string of the molecule is O=C(Nc1cc(F)c2c(OCC3CCOC3)nccc2c1)c1ccccn1. The van der Waals surface area contributed by atoms with Crippen LogP contribution in [-0.4, -0.2) is 35.7 Å². The van der Waals surface area contributed by atoms with Crippen LogP contribution in [0, 0.1) is 11.7 Å². The highest BCUT2D eigenvalue weighted by Crippen LogP contribution is 2.30. The fraction of sp³-hybridized carbons (Fsp3) is 0.250. The van der Waals surface area contributed by atoms with Gasteiger partial charge in [0.2, 0.25) is 5.88 Å². The summed E-state index contributed by atoms with van der Waals surface area (Å²) < 4.78 is 25.8. The number of carbonyl (C=O) groups is 1. The van der Waals surface area contributed by atoms with E-state index >= 15 is 0 Å². The summed E-state index contributed by atoms with van der Waals surface area (Å²) in [4.78, 5) is 20.4. The predicted molar refractivity (Wildman–Crippen MR) is 98.3 cm³/mol. The molecule has 1 unspecified atom stereocenters. The van der Waals surface area contributed by atoms with Gasteiger partial charge in [0.05, 0.1) is 18.6 Å². The van der Waals surface area contributed by atoms with Crippen LogP contribution in [-0.2, 0) is 4.74 Å². The lowest BCUT2D eigenvalue weighted by Crippen LogP contribution is -2.14. The quantitative estimate of drug-likeness (QED) is 0.748. The molecule has 3 heterocycles. The molecule has 0 spiro atoms. The van der Waals surface area contributed by atoms with Crippen LogP contribution in [0.1, 0.15) is 16.9 Å². The molecule has 0 radical (unpaired) electrons. The summed E-state index contributed by atoms with van der Waals surface area (Å²) >= 11 is 0. The Morgan fingerprint density at radius 3 is 2.96 bits per heavy atom. The molecule has 2 aromatic heterocycles. The van der Waals surface area contributed by atoms with Crippen LogP contribution in [0.25, 0.3) is 10.8 Å². The molecule has 1 fully saturated rings. The first kappa shape index (κ1) is 17.4. The highest BCUT2D eigenvalue weighted by molar-refractivity contribution is 6.04. The van der Waals surface area contributed by atoms with Crippen LogP contribution in [0.4, 0.5) is 10.1 Å². The van der Waals surface area contributed by atoms with Crippen LogP contribution in [0.2, 0.25) is 0 Å². The molecule has 1 aliphatic heterocycles. The van der Waals surface area contributed by atoms with Gasteiger partial charge in [0.15, 0.2) is 0 Å². The van der Waals surface area contributed by atoms with Gasteiger partial charge >= 0.3 is 0 Å². The number of hydrogen-bond acceptors (Lipinski definition) is 5. The van der Waals surface area contributed by atoms with Crippen molar-refractivity contribution in [1.82, 2.24) is 9.97 Å². The number of aromatic nitrogens is 2. The fourth-order valence-corrected chi connectivity index (χ4v) is 3.02. The summed E-state index contributed by atoms with van der Waals surface area (Å²) in [6.45, 7) is 1.81. The van der Waals surface area contributed by atoms with Gasteiger partial charge in [-0.3, -0.25) is 9.78 Å². The first-order valence-electron chi connectivity index (χ1n) is 8.72. The summed E-state index contributed by atoms with van der Waals surface area (Å²) in [5.41, 5.74) is 0.604. The number of nitrogens with one attached hydrogen (secondary N) is 1. The number of halogens is 1. The highest BCUT2D eigenvalue weighted by atomic mass is 19.1. The van der Waals surface area contributed by atoms with Gasteiger partial charge in [-0.1, -0.05) is 6.07 Å². The maximum Gasteiger partial charge on any atom is 0.274 e. The van der Waals surface area contributed by atoms with Gasteiger partial charge in [-0.2, -0.15) is 0 Å². The lowest BCUT2D eigenvalue weighted by molar-refractivity contribution is 0.102. The molecule has 4 rings (SSSR count). The van der Waals surface area contributed by atoms with Gasteiger partial charge < -0.3 is 14.8 Å². The van der Waals surface area contributed by atoms with Crippen molar-refractivity contribution in [2.45, 2.75) is 6.42 Å². The maximum atomic E-state index is 14.7. The zero-order valence-electron chi connectivity index (χ0n) is 14.5. The van der Waals surface area contributed by atoms with Crippen molar-refractivity contribution in [3.8, 4) is 5.88 Å². The molecule has 0 saturated carbocycles. The van der Waals surface area contributed by atoms with E-state index in [1.807, 2.05) is 0 Å². The van der Waals surface area contributed by atoms with E-state index in [9.17, 15) is 9.18 Å². The molecule has 0 aliphatic carbocycles. The van der Waals surface area contributed by atoms with Crippen molar-refractivity contribution in [3.63, 3.8) is 0 Å². The molecule has 1 aliphatic rings. The number of pyridine rings is 2. The lowest BCUT2D eigenvalue weighted by Gasteiger charge is -2.13. The maximum absolute atomic E-state index is 14.7. The number of fused-ring (bicyclic) bond motifs is 1. The summed E-state index contributed by atoms with van der Waals surface area (Å²) in [7, 11) is 0. The molecule has 1 atom stereocenters. The molecule has 1 N–H and O–H groups in total. The molecular formula is C20H18FN3O3. The number of anilines is 1. The van der Waals surface area contributed by atoms with E-state index in [1.54, 1.807) is 36.5 Å². The van der Waals surface area contributed by atoms with Crippen molar-refractivity contribution in [2.24, 2.45) is 5.92 Å². The van der Waals surface area contributed by atoms with E-state index in [2.05, 4.69) is 15.3 Å². The van der Waals surface area contributed by atoms with Gasteiger partial charge in [0.1, 0.15) is 11.5 Å². The number of rotatable bonds is 5. The third kappa shape index (κ3) is 3.88. The smallest absolute Gasteiger partial charge is 0.274 e. The van der Waals surface area contributed by atoms with Crippen LogP contribution < -0.4 is 10.1 Å². The second kappa shape index (κ2) is 7.67. The van der Waals surface area contributed by atoms with E-state index in [-0.39, 0.29) is 11.6 Å². The molecule has 27 heavy (non-hydrogen) atoms. The van der Waals surface area contributed by atoms with E-state index in [1.165, 1.54) is 12.3 Å². The van der Waals surface area contributed by atoms with Gasteiger partial charge in [-0.15, -0.1) is 0 Å². The number of ether oxygens (including phenoxy) is 2. The number of benzene rings is 1. The Morgan fingerprint density at radius 2 is 2.19 bits per heavy atom. The fourth-order valence-electron chi connectivity index (χ4n) is 3.02. The Bertz CT molecular complexity index is 959. The Balaban J connectivity index is 1.57. The number of carbonyl (C=O) groups excluding carboxylic acids is 1. The minimum atomic E-state index is -0.505. The third-order valence-corrected chi connectivity index (χ3v) is 4.42. The van der Waals surface area contributed by atoms with Crippen LogP contribution >= 0.6 is 0 Å². The zero-order chi connectivity index (χ0) is 18.6. The van der Waals surface area contributed by atoms with Crippen molar-refractivity contribution < 1.29 is 18.7 Å². The second-order valence-corrected chi connectivity index (χ2v) is 6.38. The average Bonchev–Trinajstić information content (AvgIpc) is 3.20. The minimum absolute atomic E-state index is 0.250. The highest BCUT2D eigenvalue weighted by Gasteiger charge is 2.18. The Morgan fingerprint density at radius 1 is 1.26 bits per heavy atom. The van der Waals surface area contributed by atoms with Gasteiger partial charge in [0, 0.05) is 30.6 Å². The molecular weight excluding hydrogens is 349 g/mol. The summed E-state index contributed by atoms with van der Waals surface area (Å²) in [6.07, 6.45) is 4.02. The molecule has 7 heteroatoms. The average molecular weight is 367 g/mol. The second-order valence-electron chi connectivity index (χ2n) is 6.38. The lowest BCUT2D eigenvalue weighted by atomic mass is 10.1. The van der Waals surface area contributed by atoms with Crippen LogP contribution in [0.5, 0.6) is 5.88 Å². The van der Waals surface area contributed by atoms with Gasteiger partial charge in [-0.05, 0) is 42.1 Å². The Kier molecular flexibility index (Phi) is 4.93. The first-order chi connectivity index (χ1) is 13.2. The summed E-state index contributed by atoms with van der Waals surface area (Å²) in [5, 5.41) is 3.56. The standard InChI is InChI=1S/C20H18FN3O3/c21-16-10-15(24-19(25)17-3-1-2-6-22-17)9-14-4-7-23-20(18(14)16)27-12-13-5-8-26-11-13/h1-4,6-7,9-10,13H,5,8,11-12H2,(H,24,25). The van der Waals surface area contributed by atoms with E-state index < -0.39 is 11.7 Å². The van der Waals surface area contributed by atoms with Gasteiger partial charge in [-0.25, -0.2) is 9.37 Å². The molecule has 1 amide bonds. The molecule has 1 saturated heterocycles. The molecule has 6 nitrogen and oxygen atoms in total. The Labute approximate surface area is 155 Å². The van der Waals surface area contributed by atoms with E-state index in [0.29, 0.717) is 35.6 Å². The summed E-state index contributed by atoms with van der Waals surface area (Å²) in [6, 6.07) is 9.66. The largest absolute Gasteiger partial charge is 0.477 e. The van der Waals surface area contributed by atoms with Crippen molar-refractivity contribution in [2.75, 3.05) is 25.1 Å². The molecule has 138 valence electrons. The summed E-state index contributed by atoms with van der Waals surface area (Å²) in [5.74, 6) is -0.364. The monoisotopic (exact) mass is 367 g/mol. The normalized spacial score (nSPS) is 16.4. The van der Waals surface area contributed by atoms with Crippen molar-refractivity contribution in [3.05, 3.63) is 60.3 Å². The van der Waals surface area contributed by atoms with Crippen LogP contribution in [0.15, 0.2) is 48.8 Å². The minimum Gasteiger partial charge on any atom is -0.477 e. The van der Waals surface area contributed by atoms with Crippen molar-refractivity contribution >= 4 is 22.4 Å². The number of amides is 1. The van der Waals surface area contributed by atoms with E-state index in [4.69, 9.17) is 9.47 Å². The number of hydrogen-bond donors (Lipinski definition) is 1. The molecule has 0 bridgehead atoms. The van der Waals surface area contributed by atoms with Crippen LogP contribution in [0.3, 0.4) is 0 Å². The molecule has 1 aromatic carbocycles. The molecule has 3 aromatic rings. The topological polar surface area (TPSA) is 73.3 Å². The third-order valence-electron chi connectivity index (χ3n) is 4.42. The van der Waals surface area contributed by atoms with Crippen molar-refractivity contribution in [1.29, 1.82) is 0 Å².